The summed E-state index contributed by atoms with van der Waals surface area (Å²) in [5, 5.41) is 0.841. The number of benzene rings is 2. The monoisotopic (exact) mass is 522 g/mol. The highest BCUT2D eigenvalue weighted by Crippen LogP contribution is 2.30. The number of methoxy groups -OCH3 is 1. The van der Waals surface area contributed by atoms with E-state index in [0.29, 0.717) is 41.1 Å². The first-order chi connectivity index (χ1) is 18.9. The first-order valence-corrected chi connectivity index (χ1v) is 12.8. The summed E-state index contributed by atoms with van der Waals surface area (Å²) in [6.07, 6.45) is 3.26. The molecule has 0 saturated heterocycles. The van der Waals surface area contributed by atoms with Crippen LogP contribution in [-0.4, -0.2) is 32.2 Å². The zero-order chi connectivity index (χ0) is 27.5. The van der Waals surface area contributed by atoms with Crippen LogP contribution in [0.2, 0.25) is 0 Å². The topological polar surface area (TPSA) is 88.2 Å². The molecule has 0 unspecified atom stereocenters. The number of pyridine rings is 2. The standard InChI is InChI=1S/C31H30N4O4/c1-20(2)19-34-21(3)30(31(37)35(34)23-8-6-5-7-9-23)28(36)16-22-10-11-25(18-33-22)39-29-14-15-32-27-17-24(38-4)12-13-26(27)29/h5-15,17-18,20H,16,19H2,1-4H3. The van der Waals surface area contributed by atoms with E-state index in [9.17, 15) is 9.59 Å². The average Bonchev–Trinajstić information content (AvgIpc) is 3.18. The third-order valence-electron chi connectivity index (χ3n) is 6.49. The van der Waals surface area contributed by atoms with E-state index >= 15 is 0 Å². The fourth-order valence-electron chi connectivity index (χ4n) is 4.63. The van der Waals surface area contributed by atoms with E-state index in [4.69, 9.17) is 9.47 Å². The second-order valence-electron chi connectivity index (χ2n) is 9.77. The molecule has 198 valence electrons. The molecule has 0 fully saturated rings. The number of aromatic nitrogens is 4. The fourth-order valence-corrected chi connectivity index (χ4v) is 4.63. The minimum absolute atomic E-state index is 0.00875. The Morgan fingerprint density at radius 2 is 1.74 bits per heavy atom. The molecular weight excluding hydrogens is 492 g/mol. The van der Waals surface area contributed by atoms with E-state index in [1.54, 1.807) is 42.4 Å². The summed E-state index contributed by atoms with van der Waals surface area (Å²) in [4.78, 5) is 35.7. The number of ether oxygens (including phenoxy) is 2. The molecule has 8 nitrogen and oxygen atoms in total. The Hall–Kier alpha value is -4.72. The molecule has 0 aliphatic carbocycles. The molecule has 5 aromatic rings. The van der Waals surface area contributed by atoms with Crippen molar-refractivity contribution in [3.63, 3.8) is 0 Å². The number of para-hydroxylation sites is 1. The number of rotatable bonds is 9. The van der Waals surface area contributed by atoms with Crippen molar-refractivity contribution in [2.75, 3.05) is 7.11 Å². The molecule has 0 spiro atoms. The highest BCUT2D eigenvalue weighted by Gasteiger charge is 2.24. The summed E-state index contributed by atoms with van der Waals surface area (Å²) in [6, 6.07) is 20.3. The van der Waals surface area contributed by atoms with Crippen LogP contribution < -0.4 is 15.0 Å². The predicted octanol–water partition coefficient (Wildman–Crippen LogP) is 5.77. The summed E-state index contributed by atoms with van der Waals surface area (Å²) in [7, 11) is 1.61. The van der Waals surface area contributed by atoms with E-state index in [1.165, 1.54) is 0 Å². The summed E-state index contributed by atoms with van der Waals surface area (Å²) in [6.45, 7) is 6.61. The smallest absolute Gasteiger partial charge is 0.282 e. The Balaban J connectivity index is 1.38. The van der Waals surface area contributed by atoms with Crippen LogP contribution in [0, 0.1) is 12.8 Å². The molecule has 3 heterocycles. The molecule has 39 heavy (non-hydrogen) atoms. The van der Waals surface area contributed by atoms with Crippen molar-refractivity contribution in [2.45, 2.75) is 33.7 Å². The molecule has 0 atom stereocenters. The van der Waals surface area contributed by atoms with E-state index in [1.807, 2.05) is 60.1 Å². The maximum atomic E-state index is 13.5. The van der Waals surface area contributed by atoms with Gasteiger partial charge in [0, 0.05) is 35.6 Å². The number of ketones is 1. The normalized spacial score (nSPS) is 11.2. The van der Waals surface area contributed by atoms with E-state index in [0.717, 1.165) is 16.6 Å². The molecule has 8 heteroatoms. The molecule has 3 aromatic heterocycles. The lowest BCUT2D eigenvalue weighted by atomic mass is 10.1. The van der Waals surface area contributed by atoms with E-state index in [-0.39, 0.29) is 23.3 Å². The predicted molar refractivity (Wildman–Crippen MR) is 150 cm³/mol. The molecule has 0 aliphatic heterocycles. The van der Waals surface area contributed by atoms with Crippen LogP contribution in [-0.2, 0) is 13.0 Å². The second-order valence-corrected chi connectivity index (χ2v) is 9.77. The van der Waals surface area contributed by atoms with Crippen molar-refractivity contribution in [1.29, 1.82) is 0 Å². The molecule has 2 aromatic carbocycles. The van der Waals surface area contributed by atoms with Gasteiger partial charge in [-0.2, -0.15) is 0 Å². The average molecular weight is 523 g/mol. The molecular formula is C31H30N4O4. The van der Waals surface area contributed by atoms with Gasteiger partial charge in [-0.25, -0.2) is 4.68 Å². The first-order valence-electron chi connectivity index (χ1n) is 12.8. The molecule has 0 radical (unpaired) electrons. The van der Waals surface area contributed by atoms with Gasteiger partial charge >= 0.3 is 0 Å². The van der Waals surface area contributed by atoms with Crippen molar-refractivity contribution >= 4 is 16.7 Å². The van der Waals surface area contributed by atoms with Gasteiger partial charge in [0.05, 0.1) is 30.9 Å². The van der Waals surface area contributed by atoms with E-state index in [2.05, 4.69) is 23.8 Å². The van der Waals surface area contributed by atoms with Gasteiger partial charge in [0.1, 0.15) is 22.8 Å². The summed E-state index contributed by atoms with van der Waals surface area (Å²) in [5.41, 5.74) is 2.57. The fraction of sp³-hybridized carbons (Fsp3) is 0.226. The number of carbonyl (C=O) groups excluding carboxylic acids is 1. The Morgan fingerprint density at radius 3 is 2.44 bits per heavy atom. The highest BCUT2D eigenvalue weighted by molar-refractivity contribution is 5.98. The van der Waals surface area contributed by atoms with Gasteiger partial charge in [0.25, 0.3) is 5.56 Å². The second kappa shape index (κ2) is 10.9. The van der Waals surface area contributed by atoms with Gasteiger partial charge in [0.2, 0.25) is 0 Å². The van der Waals surface area contributed by atoms with Gasteiger partial charge in [-0.15, -0.1) is 0 Å². The minimum atomic E-state index is -0.314. The molecule has 0 saturated carbocycles. The van der Waals surface area contributed by atoms with Crippen molar-refractivity contribution in [3.8, 4) is 22.9 Å². The van der Waals surface area contributed by atoms with Crippen LogP contribution in [0.15, 0.2) is 83.9 Å². The third-order valence-corrected chi connectivity index (χ3v) is 6.49. The zero-order valence-electron chi connectivity index (χ0n) is 22.4. The third kappa shape index (κ3) is 5.31. The molecule has 0 aliphatic rings. The van der Waals surface area contributed by atoms with E-state index < -0.39 is 0 Å². The Morgan fingerprint density at radius 1 is 0.974 bits per heavy atom. The lowest BCUT2D eigenvalue weighted by Crippen LogP contribution is -2.25. The molecule has 5 rings (SSSR count). The summed E-state index contributed by atoms with van der Waals surface area (Å²) >= 11 is 0. The van der Waals surface area contributed by atoms with Crippen molar-refractivity contribution < 1.29 is 14.3 Å². The van der Waals surface area contributed by atoms with Gasteiger partial charge < -0.3 is 9.47 Å². The number of Topliss-reactive ketones (excluding diaryl/α,β-unsaturated/α-hetero) is 1. The van der Waals surface area contributed by atoms with Gasteiger partial charge in [-0.05, 0) is 55.3 Å². The van der Waals surface area contributed by atoms with Crippen molar-refractivity contribution in [2.24, 2.45) is 5.92 Å². The van der Waals surface area contributed by atoms with Crippen LogP contribution >= 0.6 is 0 Å². The first kappa shape index (κ1) is 25.9. The number of nitrogens with zero attached hydrogens (tertiary/aromatic N) is 4. The Kier molecular flexibility index (Phi) is 7.27. The lowest BCUT2D eigenvalue weighted by Gasteiger charge is -2.15. The summed E-state index contributed by atoms with van der Waals surface area (Å²) in [5.74, 6) is 1.91. The molecule has 0 N–H and O–H groups in total. The highest BCUT2D eigenvalue weighted by atomic mass is 16.5. The number of hydrogen-bond donors (Lipinski definition) is 0. The maximum absolute atomic E-state index is 13.5. The van der Waals surface area contributed by atoms with Gasteiger partial charge in [-0.1, -0.05) is 32.0 Å². The van der Waals surface area contributed by atoms with Crippen LogP contribution in [0.5, 0.6) is 17.2 Å². The largest absolute Gasteiger partial charge is 0.497 e. The summed E-state index contributed by atoms with van der Waals surface area (Å²) < 4.78 is 14.8. The number of carbonyl (C=O) groups is 1. The Bertz CT molecular complexity index is 1690. The van der Waals surface area contributed by atoms with Crippen LogP contribution in [0.25, 0.3) is 16.6 Å². The van der Waals surface area contributed by atoms with Gasteiger partial charge in [0.15, 0.2) is 5.78 Å². The minimum Gasteiger partial charge on any atom is -0.497 e. The molecule has 0 bridgehead atoms. The van der Waals surface area contributed by atoms with Crippen molar-refractivity contribution in [1.82, 2.24) is 19.3 Å². The van der Waals surface area contributed by atoms with Crippen molar-refractivity contribution in [3.05, 3.63) is 106 Å². The van der Waals surface area contributed by atoms with Gasteiger partial charge in [-0.3, -0.25) is 24.2 Å². The SMILES string of the molecule is COc1ccc2c(Oc3ccc(CC(=O)c4c(C)n(CC(C)C)n(-c5ccccc5)c4=O)nc3)ccnc2c1. The molecule has 0 amide bonds. The number of hydrogen-bond acceptors (Lipinski definition) is 6. The number of fused-ring (bicyclic) bond motifs is 1. The van der Waals surface area contributed by atoms with Crippen LogP contribution in [0.1, 0.15) is 35.6 Å². The van der Waals surface area contributed by atoms with Crippen LogP contribution in [0.4, 0.5) is 0 Å². The maximum Gasteiger partial charge on any atom is 0.282 e. The quantitative estimate of drug-likeness (QED) is 0.228. The lowest BCUT2D eigenvalue weighted by molar-refractivity contribution is 0.0990. The zero-order valence-corrected chi connectivity index (χ0v) is 22.4. The Labute approximate surface area is 226 Å². The van der Waals surface area contributed by atoms with Crippen LogP contribution in [0.3, 0.4) is 0 Å².